The first-order valence-electron chi connectivity index (χ1n) is 8.00. The smallest absolute Gasteiger partial charge is 0.263 e. The molecule has 0 saturated carbocycles. The van der Waals surface area contributed by atoms with Gasteiger partial charge in [-0.05, 0) is 23.3 Å². The molecule has 1 heterocycles. The maximum absolute atomic E-state index is 12.0. The number of nitrogens with zero attached hydrogens (tertiary/aromatic N) is 1. The summed E-state index contributed by atoms with van der Waals surface area (Å²) < 4.78 is 31.4. The molecule has 0 bridgehead atoms. The van der Waals surface area contributed by atoms with E-state index in [0.29, 0.717) is 18.7 Å². The zero-order valence-corrected chi connectivity index (χ0v) is 15.0. The Morgan fingerprint density at radius 2 is 1.81 bits per heavy atom. The summed E-state index contributed by atoms with van der Waals surface area (Å²) in [5, 5.41) is 2.76. The molecule has 0 radical (unpaired) electrons. The number of benzene rings is 2. The van der Waals surface area contributed by atoms with Crippen LogP contribution in [0.25, 0.3) is 0 Å². The molecule has 0 unspecified atom stereocenters. The highest BCUT2D eigenvalue weighted by Gasteiger charge is 2.30. The predicted molar refractivity (Wildman–Crippen MR) is 97.2 cm³/mol. The van der Waals surface area contributed by atoms with E-state index in [1.54, 1.807) is 25.3 Å². The van der Waals surface area contributed by atoms with Gasteiger partial charge in [0.05, 0.1) is 11.5 Å². The summed E-state index contributed by atoms with van der Waals surface area (Å²) >= 11 is 0. The van der Waals surface area contributed by atoms with Crippen LogP contribution in [0.15, 0.2) is 58.4 Å². The Kier molecular flexibility index (Phi) is 5.34. The average Bonchev–Trinajstić information content (AvgIpc) is 2.91. The number of methoxy groups -OCH3 is 1. The minimum absolute atomic E-state index is 0.159. The lowest BCUT2D eigenvalue weighted by atomic mass is 10.1. The number of amidine groups is 1. The molecule has 2 N–H and O–H groups in total. The average molecular weight is 373 g/mol. The number of carbonyl (C=O) groups excluding carboxylic acids is 1. The standard InChI is InChI=1S/C18H19N3O4S/c1-25-12-14-8-6-13(7-9-14)10-19-17(22)11-20-18-15-4-2-3-5-16(15)26(23,24)21-18/h2-9H,10-12H2,1H3,(H,19,22)(H,20,21). The van der Waals surface area contributed by atoms with Gasteiger partial charge in [0.15, 0.2) is 0 Å². The van der Waals surface area contributed by atoms with Crippen LogP contribution in [-0.2, 0) is 32.7 Å². The lowest BCUT2D eigenvalue weighted by Crippen LogP contribution is -2.28. The third-order valence-electron chi connectivity index (χ3n) is 3.87. The summed E-state index contributed by atoms with van der Waals surface area (Å²) in [6.45, 7) is 0.759. The second kappa shape index (κ2) is 7.67. The minimum Gasteiger partial charge on any atom is -0.380 e. The van der Waals surface area contributed by atoms with Crippen LogP contribution in [0.3, 0.4) is 0 Å². The maximum atomic E-state index is 12.0. The second-order valence-electron chi connectivity index (χ2n) is 5.79. The van der Waals surface area contributed by atoms with Gasteiger partial charge >= 0.3 is 0 Å². The Hall–Kier alpha value is -2.71. The number of nitrogens with one attached hydrogen (secondary N) is 2. The van der Waals surface area contributed by atoms with Gasteiger partial charge in [0.1, 0.15) is 12.4 Å². The number of sulfonamides is 1. The maximum Gasteiger partial charge on any atom is 0.263 e. The first-order chi connectivity index (χ1) is 12.5. The molecule has 0 atom stereocenters. The van der Waals surface area contributed by atoms with Crippen molar-refractivity contribution in [3.63, 3.8) is 0 Å². The Bertz CT molecular complexity index is 937. The number of aliphatic imine (C=N–C) groups is 1. The third-order valence-corrected chi connectivity index (χ3v) is 5.26. The molecule has 3 rings (SSSR count). The molecule has 0 aliphatic carbocycles. The monoisotopic (exact) mass is 373 g/mol. The van der Waals surface area contributed by atoms with Crippen molar-refractivity contribution in [2.24, 2.45) is 4.99 Å². The molecule has 7 nitrogen and oxygen atoms in total. The van der Waals surface area contributed by atoms with E-state index in [1.165, 1.54) is 6.07 Å². The van der Waals surface area contributed by atoms with Gasteiger partial charge in [-0.25, -0.2) is 8.42 Å². The second-order valence-corrected chi connectivity index (χ2v) is 7.44. The fourth-order valence-corrected chi connectivity index (χ4v) is 3.83. The van der Waals surface area contributed by atoms with Gasteiger partial charge < -0.3 is 10.1 Å². The number of hydrogen-bond donors (Lipinski definition) is 2. The summed E-state index contributed by atoms with van der Waals surface area (Å²) in [6, 6.07) is 14.3. The lowest BCUT2D eigenvalue weighted by molar-refractivity contribution is -0.119. The van der Waals surface area contributed by atoms with Crippen LogP contribution in [0.1, 0.15) is 16.7 Å². The molecule has 0 spiro atoms. The van der Waals surface area contributed by atoms with Gasteiger partial charge in [-0.2, -0.15) is 0 Å². The van der Waals surface area contributed by atoms with Crippen molar-refractivity contribution < 1.29 is 17.9 Å². The number of ether oxygens (including phenoxy) is 1. The van der Waals surface area contributed by atoms with Gasteiger partial charge in [-0.3, -0.25) is 14.5 Å². The number of fused-ring (bicyclic) bond motifs is 1. The largest absolute Gasteiger partial charge is 0.380 e. The normalized spacial score (nSPS) is 16.1. The molecule has 0 saturated heterocycles. The van der Waals surface area contributed by atoms with Crippen LogP contribution in [0.2, 0.25) is 0 Å². The van der Waals surface area contributed by atoms with E-state index in [0.717, 1.165) is 11.1 Å². The van der Waals surface area contributed by atoms with E-state index in [-0.39, 0.29) is 23.2 Å². The van der Waals surface area contributed by atoms with Crippen LogP contribution < -0.4 is 10.0 Å². The molecule has 136 valence electrons. The Morgan fingerprint density at radius 3 is 2.54 bits per heavy atom. The number of amides is 1. The molecular formula is C18H19N3O4S. The Labute approximate surface area is 152 Å². The molecule has 0 aromatic heterocycles. The summed E-state index contributed by atoms with van der Waals surface area (Å²) in [6.07, 6.45) is 0. The number of carbonyl (C=O) groups is 1. The summed E-state index contributed by atoms with van der Waals surface area (Å²) in [4.78, 5) is 16.3. The van der Waals surface area contributed by atoms with Crippen molar-refractivity contribution in [1.82, 2.24) is 10.0 Å². The molecule has 2 aromatic rings. The quantitative estimate of drug-likeness (QED) is 0.795. The van der Waals surface area contributed by atoms with Gasteiger partial charge in [-0.1, -0.05) is 36.4 Å². The molecule has 26 heavy (non-hydrogen) atoms. The highest BCUT2D eigenvalue weighted by Crippen LogP contribution is 2.21. The van der Waals surface area contributed by atoms with Crippen molar-refractivity contribution in [2.45, 2.75) is 18.0 Å². The molecule has 2 aromatic carbocycles. The van der Waals surface area contributed by atoms with Gasteiger partial charge in [-0.15, -0.1) is 0 Å². The van der Waals surface area contributed by atoms with E-state index >= 15 is 0 Å². The SMILES string of the molecule is COCc1ccc(CNC(=O)CN=C2NS(=O)(=O)c3ccccc32)cc1. The first kappa shape index (κ1) is 18.1. The van der Waals surface area contributed by atoms with Gasteiger partial charge in [0.25, 0.3) is 10.0 Å². The van der Waals surface area contributed by atoms with Crippen molar-refractivity contribution in [2.75, 3.05) is 13.7 Å². The van der Waals surface area contributed by atoms with Gasteiger partial charge in [0.2, 0.25) is 5.91 Å². The highest BCUT2D eigenvalue weighted by atomic mass is 32.2. The Morgan fingerprint density at radius 1 is 1.12 bits per heavy atom. The van der Waals surface area contributed by atoms with E-state index in [1.807, 2.05) is 24.3 Å². The third kappa shape index (κ3) is 4.09. The molecule has 0 fully saturated rings. The minimum atomic E-state index is -3.59. The fourth-order valence-electron chi connectivity index (χ4n) is 2.58. The molecule has 1 aliphatic rings. The zero-order valence-electron chi connectivity index (χ0n) is 14.2. The lowest BCUT2D eigenvalue weighted by Gasteiger charge is -2.06. The molecule has 8 heteroatoms. The number of rotatable bonds is 6. The van der Waals surface area contributed by atoms with Crippen LogP contribution >= 0.6 is 0 Å². The van der Waals surface area contributed by atoms with E-state index in [2.05, 4.69) is 15.0 Å². The van der Waals surface area contributed by atoms with Crippen LogP contribution in [0.5, 0.6) is 0 Å². The van der Waals surface area contributed by atoms with Crippen LogP contribution in [0, 0.1) is 0 Å². The van der Waals surface area contributed by atoms with Crippen molar-refractivity contribution in [3.8, 4) is 0 Å². The van der Waals surface area contributed by atoms with E-state index in [4.69, 9.17) is 4.74 Å². The van der Waals surface area contributed by atoms with Crippen molar-refractivity contribution >= 4 is 21.8 Å². The summed E-state index contributed by atoms with van der Waals surface area (Å²) in [5.74, 6) is -0.0956. The van der Waals surface area contributed by atoms with Crippen molar-refractivity contribution in [3.05, 3.63) is 65.2 Å². The summed E-state index contributed by atoms with van der Waals surface area (Å²) in [5.41, 5.74) is 2.49. The number of hydrogen-bond acceptors (Lipinski definition) is 5. The molecular weight excluding hydrogens is 354 g/mol. The van der Waals surface area contributed by atoms with Crippen LogP contribution in [-0.4, -0.2) is 33.8 Å². The molecule has 1 amide bonds. The van der Waals surface area contributed by atoms with Crippen molar-refractivity contribution in [1.29, 1.82) is 0 Å². The topological polar surface area (TPSA) is 96.9 Å². The van der Waals surface area contributed by atoms with Crippen LogP contribution in [0.4, 0.5) is 0 Å². The highest BCUT2D eigenvalue weighted by molar-refractivity contribution is 7.90. The Balaban J connectivity index is 1.58. The van der Waals surface area contributed by atoms with Gasteiger partial charge in [0, 0.05) is 19.2 Å². The first-order valence-corrected chi connectivity index (χ1v) is 9.48. The van der Waals surface area contributed by atoms with E-state index in [9.17, 15) is 13.2 Å². The molecule has 1 aliphatic heterocycles. The predicted octanol–water partition coefficient (Wildman–Crippen LogP) is 1.19. The zero-order chi connectivity index (χ0) is 18.6. The summed E-state index contributed by atoms with van der Waals surface area (Å²) in [7, 11) is -1.95. The fraction of sp³-hybridized carbons (Fsp3) is 0.222. The van der Waals surface area contributed by atoms with E-state index < -0.39 is 10.0 Å².